The second kappa shape index (κ2) is 9.68. The SMILES string of the molecule is CC(C)CC(C(=O)N[C@H]1CC[C@@H]2CN(Cc3cccc(C(F)(F)F)c3)CC21)N(C)C(=O)O. The summed E-state index contributed by atoms with van der Waals surface area (Å²) in [5.41, 5.74) is -0.0151. The number of carbonyl (C=O) groups excluding carboxylic acids is 1. The van der Waals surface area contributed by atoms with Crippen molar-refractivity contribution < 1.29 is 27.9 Å². The average Bonchev–Trinajstić information content (AvgIpc) is 3.26. The molecule has 2 N–H and O–H groups in total. The molecule has 1 aliphatic carbocycles. The van der Waals surface area contributed by atoms with Crippen LogP contribution in [0, 0.1) is 17.8 Å². The highest BCUT2D eigenvalue weighted by atomic mass is 19.4. The van der Waals surface area contributed by atoms with Gasteiger partial charge in [-0.3, -0.25) is 14.6 Å². The van der Waals surface area contributed by atoms with Gasteiger partial charge in [0.1, 0.15) is 6.04 Å². The molecule has 0 aromatic heterocycles. The lowest BCUT2D eigenvalue weighted by molar-refractivity contribution is -0.137. The zero-order valence-corrected chi connectivity index (χ0v) is 18.7. The molecule has 1 aromatic carbocycles. The molecule has 2 unspecified atom stereocenters. The fraction of sp³-hybridized carbons (Fsp3) is 0.652. The molecule has 4 atom stereocenters. The Bertz CT molecular complexity index is 830. The van der Waals surface area contributed by atoms with E-state index in [4.69, 9.17) is 0 Å². The van der Waals surface area contributed by atoms with Crippen molar-refractivity contribution in [1.82, 2.24) is 15.1 Å². The zero-order chi connectivity index (χ0) is 23.6. The largest absolute Gasteiger partial charge is 0.465 e. The first-order valence-corrected chi connectivity index (χ1v) is 11.1. The number of fused-ring (bicyclic) bond motifs is 1. The lowest BCUT2D eigenvalue weighted by atomic mass is 9.96. The number of likely N-dealkylation sites (tertiary alicyclic amines) is 1. The van der Waals surface area contributed by atoms with E-state index in [1.165, 1.54) is 19.2 Å². The van der Waals surface area contributed by atoms with Gasteiger partial charge in [-0.05, 0) is 48.6 Å². The van der Waals surface area contributed by atoms with E-state index in [-0.39, 0.29) is 23.8 Å². The molecule has 0 spiro atoms. The predicted octanol–water partition coefficient (Wildman–Crippen LogP) is 4.06. The van der Waals surface area contributed by atoms with Gasteiger partial charge in [-0.2, -0.15) is 13.2 Å². The van der Waals surface area contributed by atoms with Crippen LogP contribution in [0.1, 0.15) is 44.2 Å². The Morgan fingerprint density at radius 1 is 1.25 bits per heavy atom. The highest BCUT2D eigenvalue weighted by Crippen LogP contribution is 2.39. The minimum absolute atomic E-state index is 0.0455. The Balaban J connectivity index is 1.62. The number of halogens is 3. The van der Waals surface area contributed by atoms with Gasteiger partial charge in [-0.25, -0.2) is 4.79 Å². The molecule has 3 rings (SSSR count). The van der Waals surface area contributed by atoms with Crippen molar-refractivity contribution in [3.63, 3.8) is 0 Å². The molecular weight excluding hydrogens is 423 g/mol. The van der Waals surface area contributed by atoms with Crippen LogP contribution >= 0.6 is 0 Å². The lowest BCUT2D eigenvalue weighted by Gasteiger charge is -2.29. The number of nitrogens with zero attached hydrogens (tertiary/aromatic N) is 2. The van der Waals surface area contributed by atoms with Crippen LogP contribution in [0.4, 0.5) is 18.0 Å². The summed E-state index contributed by atoms with van der Waals surface area (Å²) in [5, 5.41) is 12.4. The molecular formula is C23H32F3N3O3. The van der Waals surface area contributed by atoms with Crippen molar-refractivity contribution in [2.75, 3.05) is 20.1 Å². The number of hydrogen-bond donors (Lipinski definition) is 2. The minimum Gasteiger partial charge on any atom is -0.465 e. The summed E-state index contributed by atoms with van der Waals surface area (Å²) in [6, 6.07) is 4.64. The van der Waals surface area contributed by atoms with Crippen LogP contribution in [-0.4, -0.2) is 59.1 Å². The highest BCUT2D eigenvalue weighted by molar-refractivity contribution is 5.85. The van der Waals surface area contributed by atoms with E-state index >= 15 is 0 Å². The second-order valence-corrected chi connectivity index (χ2v) is 9.55. The molecule has 0 bridgehead atoms. The third kappa shape index (κ3) is 5.74. The first-order chi connectivity index (χ1) is 15.0. The normalized spacial score (nSPS) is 24.4. The molecule has 6 nitrogen and oxygen atoms in total. The summed E-state index contributed by atoms with van der Waals surface area (Å²) >= 11 is 0. The average molecular weight is 456 g/mol. The molecule has 1 saturated carbocycles. The fourth-order valence-electron chi connectivity index (χ4n) is 5.07. The molecule has 1 aliphatic heterocycles. The standard InChI is InChI=1S/C23H32F3N3O3/c1-14(2)9-20(28(3)22(31)32)21(30)27-19-8-7-16-12-29(13-18(16)19)11-15-5-4-6-17(10-15)23(24,25)26/h4-6,10,14,16,18-20H,7-9,11-13H2,1-3H3,(H,27,30)(H,31,32)/t16-,18?,19+,20?/m1/s1. The zero-order valence-electron chi connectivity index (χ0n) is 18.7. The molecule has 2 aliphatic rings. The maximum absolute atomic E-state index is 13.0. The first kappa shape index (κ1) is 24.4. The van der Waals surface area contributed by atoms with Crippen molar-refractivity contribution in [2.24, 2.45) is 17.8 Å². The van der Waals surface area contributed by atoms with E-state index in [1.807, 2.05) is 13.8 Å². The van der Waals surface area contributed by atoms with E-state index in [2.05, 4.69) is 10.2 Å². The summed E-state index contributed by atoms with van der Waals surface area (Å²) < 4.78 is 39.0. The van der Waals surface area contributed by atoms with Gasteiger partial charge in [0.05, 0.1) is 5.56 Å². The van der Waals surface area contributed by atoms with Crippen LogP contribution < -0.4 is 5.32 Å². The van der Waals surface area contributed by atoms with Crippen molar-refractivity contribution >= 4 is 12.0 Å². The van der Waals surface area contributed by atoms with Gasteiger partial charge in [0.25, 0.3) is 0 Å². The molecule has 2 fully saturated rings. The van der Waals surface area contributed by atoms with Crippen LogP contribution in [0.3, 0.4) is 0 Å². The number of alkyl halides is 3. The molecule has 1 aromatic rings. The second-order valence-electron chi connectivity index (χ2n) is 9.55. The summed E-state index contributed by atoms with van der Waals surface area (Å²) in [7, 11) is 1.42. The van der Waals surface area contributed by atoms with E-state index in [9.17, 15) is 27.9 Å². The van der Waals surface area contributed by atoms with Gasteiger partial charge >= 0.3 is 12.3 Å². The Kier molecular flexibility index (Phi) is 7.37. The van der Waals surface area contributed by atoms with Crippen LogP contribution in [0.5, 0.6) is 0 Å². The van der Waals surface area contributed by atoms with Gasteiger partial charge < -0.3 is 10.4 Å². The Morgan fingerprint density at radius 2 is 1.97 bits per heavy atom. The van der Waals surface area contributed by atoms with Gasteiger partial charge in [0, 0.05) is 32.7 Å². The van der Waals surface area contributed by atoms with Crippen molar-refractivity contribution in [1.29, 1.82) is 0 Å². The van der Waals surface area contributed by atoms with Crippen molar-refractivity contribution in [2.45, 2.75) is 57.9 Å². The molecule has 1 saturated heterocycles. The van der Waals surface area contributed by atoms with Crippen LogP contribution in [0.25, 0.3) is 0 Å². The Hall–Kier alpha value is -2.29. The third-order valence-corrected chi connectivity index (χ3v) is 6.69. The van der Waals surface area contributed by atoms with Crippen LogP contribution in [-0.2, 0) is 17.5 Å². The van der Waals surface area contributed by atoms with Crippen molar-refractivity contribution in [3.8, 4) is 0 Å². The Morgan fingerprint density at radius 3 is 2.59 bits per heavy atom. The lowest BCUT2D eigenvalue weighted by Crippen LogP contribution is -2.51. The maximum Gasteiger partial charge on any atom is 0.416 e. The smallest absolute Gasteiger partial charge is 0.416 e. The molecule has 9 heteroatoms. The number of hydrogen-bond acceptors (Lipinski definition) is 3. The van der Waals surface area contributed by atoms with E-state index in [1.54, 1.807) is 6.07 Å². The number of amides is 2. The van der Waals surface area contributed by atoms with Gasteiger partial charge in [0.15, 0.2) is 0 Å². The molecule has 178 valence electrons. The van der Waals surface area contributed by atoms with Gasteiger partial charge in [0.2, 0.25) is 5.91 Å². The number of carbonyl (C=O) groups is 2. The number of carboxylic acid groups (broad SMARTS) is 1. The van der Waals surface area contributed by atoms with E-state index < -0.39 is 23.9 Å². The van der Waals surface area contributed by atoms with Crippen LogP contribution in [0.15, 0.2) is 24.3 Å². The van der Waals surface area contributed by atoms with Gasteiger partial charge in [-0.1, -0.05) is 32.0 Å². The number of benzene rings is 1. The summed E-state index contributed by atoms with van der Waals surface area (Å²) in [5.74, 6) is 0.496. The van der Waals surface area contributed by atoms with Gasteiger partial charge in [-0.15, -0.1) is 0 Å². The third-order valence-electron chi connectivity index (χ3n) is 6.69. The number of likely N-dealkylation sites (N-methyl/N-ethyl adjacent to an activating group) is 1. The molecule has 2 amide bonds. The summed E-state index contributed by atoms with van der Waals surface area (Å²) in [4.78, 5) is 27.6. The molecule has 1 heterocycles. The summed E-state index contributed by atoms with van der Waals surface area (Å²) in [6.45, 7) is 5.83. The monoisotopic (exact) mass is 455 g/mol. The fourth-order valence-corrected chi connectivity index (χ4v) is 5.07. The van der Waals surface area contributed by atoms with Crippen LogP contribution in [0.2, 0.25) is 0 Å². The quantitative estimate of drug-likeness (QED) is 0.651. The number of rotatable bonds is 7. The maximum atomic E-state index is 13.0. The highest BCUT2D eigenvalue weighted by Gasteiger charge is 2.44. The van der Waals surface area contributed by atoms with E-state index in [0.29, 0.717) is 31.0 Å². The predicted molar refractivity (Wildman–Crippen MR) is 114 cm³/mol. The first-order valence-electron chi connectivity index (χ1n) is 11.1. The minimum atomic E-state index is -4.36. The topological polar surface area (TPSA) is 72.9 Å². The molecule has 32 heavy (non-hydrogen) atoms. The Labute approximate surface area is 186 Å². The molecule has 0 radical (unpaired) electrons. The summed E-state index contributed by atoms with van der Waals surface area (Å²) in [6.07, 6.45) is -3.27. The van der Waals surface area contributed by atoms with E-state index in [0.717, 1.165) is 30.4 Å². The number of nitrogens with one attached hydrogen (secondary N) is 1. The van der Waals surface area contributed by atoms with Crippen molar-refractivity contribution in [3.05, 3.63) is 35.4 Å².